The third kappa shape index (κ3) is 3.13. The van der Waals surface area contributed by atoms with Crippen molar-refractivity contribution in [2.75, 3.05) is 0 Å². The lowest BCUT2D eigenvalue weighted by atomic mass is 10.2. The number of urea groups is 1. The van der Waals surface area contributed by atoms with Crippen LogP contribution in [0.3, 0.4) is 0 Å². The van der Waals surface area contributed by atoms with Crippen molar-refractivity contribution < 1.29 is 9.21 Å². The average molecular weight is 299 g/mol. The molecule has 1 saturated carbocycles. The van der Waals surface area contributed by atoms with Crippen molar-refractivity contribution in [2.24, 2.45) is 0 Å². The molecule has 116 valence electrons. The lowest BCUT2D eigenvalue weighted by Crippen LogP contribution is -2.43. The largest absolute Gasteiger partial charge is 0.467 e. The van der Waals surface area contributed by atoms with Crippen molar-refractivity contribution in [2.45, 2.75) is 44.8 Å². The summed E-state index contributed by atoms with van der Waals surface area (Å²) in [4.78, 5) is 18.9. The fourth-order valence-corrected chi connectivity index (χ4v) is 2.64. The molecule has 3 rings (SSSR count). The number of hydrogen-bond acceptors (Lipinski definition) is 3. The van der Waals surface area contributed by atoms with E-state index in [-0.39, 0.29) is 18.1 Å². The Morgan fingerprint density at radius 3 is 2.73 bits per heavy atom. The molecular weight excluding hydrogens is 278 g/mol. The van der Waals surface area contributed by atoms with Crippen LogP contribution in [0.25, 0.3) is 0 Å². The van der Waals surface area contributed by atoms with Gasteiger partial charge >= 0.3 is 6.03 Å². The first-order valence-corrected chi connectivity index (χ1v) is 7.70. The van der Waals surface area contributed by atoms with Gasteiger partial charge in [-0.25, -0.2) is 4.79 Å². The molecule has 2 aromatic heterocycles. The SMILES string of the molecule is C[C@H](NC(=O)N(C1CC1)[C@H](C)c1ccco1)c1ccccn1. The number of rotatable bonds is 5. The molecule has 1 aliphatic carbocycles. The molecular formula is C17H21N3O2. The normalized spacial score (nSPS) is 16.8. The van der Waals surface area contributed by atoms with E-state index in [4.69, 9.17) is 4.42 Å². The zero-order valence-corrected chi connectivity index (χ0v) is 12.9. The fourth-order valence-electron chi connectivity index (χ4n) is 2.64. The summed E-state index contributed by atoms with van der Waals surface area (Å²) in [6.45, 7) is 3.95. The van der Waals surface area contributed by atoms with Crippen LogP contribution in [0.4, 0.5) is 4.79 Å². The lowest BCUT2D eigenvalue weighted by molar-refractivity contribution is 0.163. The predicted molar refractivity (Wildman–Crippen MR) is 83.2 cm³/mol. The van der Waals surface area contributed by atoms with E-state index in [9.17, 15) is 4.79 Å². The Balaban J connectivity index is 1.71. The molecule has 2 heterocycles. The number of hydrogen-bond donors (Lipinski definition) is 1. The molecule has 22 heavy (non-hydrogen) atoms. The summed E-state index contributed by atoms with van der Waals surface area (Å²) >= 11 is 0. The summed E-state index contributed by atoms with van der Waals surface area (Å²) < 4.78 is 5.46. The van der Waals surface area contributed by atoms with Gasteiger partial charge in [0, 0.05) is 12.2 Å². The fraction of sp³-hybridized carbons (Fsp3) is 0.412. The summed E-state index contributed by atoms with van der Waals surface area (Å²) in [7, 11) is 0. The van der Waals surface area contributed by atoms with Crippen molar-refractivity contribution in [3.8, 4) is 0 Å². The van der Waals surface area contributed by atoms with Crippen LogP contribution in [-0.4, -0.2) is 22.0 Å². The van der Waals surface area contributed by atoms with Crippen LogP contribution in [0.15, 0.2) is 47.2 Å². The molecule has 0 spiro atoms. The van der Waals surface area contributed by atoms with Gasteiger partial charge in [-0.3, -0.25) is 4.98 Å². The van der Waals surface area contributed by atoms with Gasteiger partial charge in [-0.1, -0.05) is 6.07 Å². The van der Waals surface area contributed by atoms with Gasteiger partial charge in [0.1, 0.15) is 5.76 Å². The number of nitrogens with zero attached hydrogens (tertiary/aromatic N) is 2. The molecule has 5 nitrogen and oxygen atoms in total. The second-order valence-corrected chi connectivity index (χ2v) is 5.76. The van der Waals surface area contributed by atoms with E-state index in [2.05, 4.69) is 10.3 Å². The minimum atomic E-state index is -0.126. The molecule has 0 aromatic carbocycles. The smallest absolute Gasteiger partial charge is 0.318 e. The molecule has 2 atom stereocenters. The minimum absolute atomic E-state index is 0.0652. The van der Waals surface area contributed by atoms with Crippen molar-refractivity contribution in [3.05, 3.63) is 54.2 Å². The zero-order valence-electron chi connectivity index (χ0n) is 12.9. The van der Waals surface area contributed by atoms with Gasteiger partial charge in [-0.05, 0) is 51.0 Å². The first-order valence-electron chi connectivity index (χ1n) is 7.70. The van der Waals surface area contributed by atoms with E-state index in [0.717, 1.165) is 24.3 Å². The van der Waals surface area contributed by atoms with Crippen LogP contribution < -0.4 is 5.32 Å². The maximum Gasteiger partial charge on any atom is 0.318 e. The molecule has 0 saturated heterocycles. The van der Waals surface area contributed by atoms with E-state index < -0.39 is 0 Å². The third-order valence-electron chi connectivity index (χ3n) is 4.02. The van der Waals surface area contributed by atoms with Crippen LogP contribution in [-0.2, 0) is 0 Å². The molecule has 2 amide bonds. The molecule has 1 fully saturated rings. The topological polar surface area (TPSA) is 58.4 Å². The molecule has 2 aromatic rings. The van der Waals surface area contributed by atoms with E-state index in [1.165, 1.54) is 0 Å². The summed E-state index contributed by atoms with van der Waals surface area (Å²) in [5.74, 6) is 0.813. The van der Waals surface area contributed by atoms with Crippen LogP contribution in [0.1, 0.15) is 50.2 Å². The van der Waals surface area contributed by atoms with Crippen LogP contribution in [0.2, 0.25) is 0 Å². The van der Waals surface area contributed by atoms with Gasteiger partial charge in [-0.15, -0.1) is 0 Å². The highest BCUT2D eigenvalue weighted by molar-refractivity contribution is 5.75. The zero-order chi connectivity index (χ0) is 15.5. The van der Waals surface area contributed by atoms with Crippen LogP contribution in [0.5, 0.6) is 0 Å². The van der Waals surface area contributed by atoms with Gasteiger partial charge in [0.05, 0.1) is 24.0 Å². The summed E-state index contributed by atoms with van der Waals surface area (Å²) in [5, 5.41) is 3.04. The highest BCUT2D eigenvalue weighted by Gasteiger charge is 2.37. The first kappa shape index (κ1) is 14.6. The molecule has 0 aliphatic heterocycles. The second-order valence-electron chi connectivity index (χ2n) is 5.76. The second kappa shape index (κ2) is 6.22. The Morgan fingerprint density at radius 1 is 1.32 bits per heavy atom. The monoisotopic (exact) mass is 299 g/mol. The Kier molecular flexibility index (Phi) is 4.13. The van der Waals surface area contributed by atoms with Crippen molar-refractivity contribution in [3.63, 3.8) is 0 Å². The Bertz CT molecular complexity index is 608. The Hall–Kier alpha value is -2.30. The van der Waals surface area contributed by atoms with E-state index in [1.54, 1.807) is 12.5 Å². The highest BCUT2D eigenvalue weighted by Crippen LogP contribution is 2.34. The van der Waals surface area contributed by atoms with Gasteiger partial charge in [0.25, 0.3) is 0 Å². The maximum atomic E-state index is 12.7. The molecule has 0 bridgehead atoms. The van der Waals surface area contributed by atoms with Gasteiger partial charge in [-0.2, -0.15) is 0 Å². The number of nitrogens with one attached hydrogen (secondary N) is 1. The Labute approximate surface area is 130 Å². The Morgan fingerprint density at radius 2 is 2.14 bits per heavy atom. The van der Waals surface area contributed by atoms with Gasteiger partial charge in [0.15, 0.2) is 0 Å². The minimum Gasteiger partial charge on any atom is -0.467 e. The van der Waals surface area contributed by atoms with Crippen molar-refractivity contribution >= 4 is 6.03 Å². The summed E-state index contributed by atoms with van der Waals surface area (Å²) in [5.41, 5.74) is 0.859. The number of carbonyl (C=O) groups excluding carboxylic acids is 1. The van der Waals surface area contributed by atoms with E-state index in [0.29, 0.717) is 6.04 Å². The number of aromatic nitrogens is 1. The molecule has 5 heteroatoms. The van der Waals surface area contributed by atoms with E-state index >= 15 is 0 Å². The maximum absolute atomic E-state index is 12.7. The first-order chi connectivity index (χ1) is 10.7. The van der Waals surface area contributed by atoms with E-state index in [1.807, 2.05) is 49.1 Å². The molecule has 0 radical (unpaired) electrons. The number of pyridine rings is 1. The lowest BCUT2D eigenvalue weighted by Gasteiger charge is -2.29. The van der Waals surface area contributed by atoms with Gasteiger partial charge < -0.3 is 14.6 Å². The third-order valence-corrected chi connectivity index (χ3v) is 4.02. The predicted octanol–water partition coefficient (Wildman–Crippen LogP) is 3.67. The highest BCUT2D eigenvalue weighted by atomic mass is 16.3. The molecule has 1 N–H and O–H groups in total. The van der Waals surface area contributed by atoms with Crippen molar-refractivity contribution in [1.82, 2.24) is 15.2 Å². The summed E-state index contributed by atoms with van der Waals surface area (Å²) in [6, 6.07) is 9.52. The van der Waals surface area contributed by atoms with Crippen LogP contribution >= 0.6 is 0 Å². The average Bonchev–Trinajstić information content (AvgIpc) is 3.20. The summed E-state index contributed by atoms with van der Waals surface area (Å²) in [6.07, 6.45) is 5.49. The van der Waals surface area contributed by atoms with Crippen molar-refractivity contribution in [1.29, 1.82) is 0 Å². The molecule has 0 unspecified atom stereocenters. The standard InChI is InChI=1S/C17H21N3O2/c1-12(15-6-3-4-10-18-15)19-17(21)20(14-8-9-14)13(2)16-7-5-11-22-16/h3-7,10-14H,8-9H2,1-2H3,(H,19,21)/t12-,13+/m0/s1. The van der Waals surface area contributed by atoms with Gasteiger partial charge in [0.2, 0.25) is 0 Å². The number of furan rings is 1. The quantitative estimate of drug-likeness (QED) is 0.916. The molecule has 1 aliphatic rings. The number of carbonyl (C=O) groups is 1. The van der Waals surface area contributed by atoms with Crippen LogP contribution in [0, 0.1) is 0 Å². The number of amides is 2.